The van der Waals surface area contributed by atoms with Gasteiger partial charge in [0.15, 0.2) is 0 Å². The van der Waals surface area contributed by atoms with Gasteiger partial charge in [0.05, 0.1) is 30.5 Å². The second-order valence-electron chi connectivity index (χ2n) is 6.77. The molecule has 31 heavy (non-hydrogen) atoms. The average Bonchev–Trinajstić information content (AvgIpc) is 3.16. The standard InChI is InChI=1S/C22H18Cl2N4O3/c1-12-8-19-20(27-28(26-19)14-4-6-15(30-2)7-5-14)11-18(12)25-22(29)16-9-13(23)10-17(24)21(16)31-3/h4-11H,1-3H3,(H,25,29). The molecule has 0 saturated carbocycles. The molecule has 158 valence electrons. The highest BCUT2D eigenvalue weighted by Gasteiger charge is 2.18. The first kappa shape index (κ1) is 21.0. The number of anilines is 1. The van der Waals surface area contributed by atoms with Crippen LogP contribution >= 0.6 is 23.2 Å². The van der Waals surface area contributed by atoms with Crippen molar-refractivity contribution in [2.75, 3.05) is 19.5 Å². The smallest absolute Gasteiger partial charge is 0.259 e. The molecule has 0 bridgehead atoms. The molecule has 1 heterocycles. The average molecular weight is 457 g/mol. The van der Waals surface area contributed by atoms with E-state index < -0.39 is 5.91 Å². The van der Waals surface area contributed by atoms with Crippen LogP contribution in [0.5, 0.6) is 11.5 Å². The van der Waals surface area contributed by atoms with E-state index in [9.17, 15) is 4.79 Å². The van der Waals surface area contributed by atoms with Crippen molar-refractivity contribution in [2.24, 2.45) is 0 Å². The van der Waals surface area contributed by atoms with Crippen LogP contribution in [0.4, 0.5) is 5.69 Å². The van der Waals surface area contributed by atoms with E-state index in [0.29, 0.717) is 21.7 Å². The molecule has 0 aliphatic carbocycles. The lowest BCUT2D eigenvalue weighted by Crippen LogP contribution is -2.14. The van der Waals surface area contributed by atoms with Crippen molar-refractivity contribution in [1.29, 1.82) is 0 Å². The fourth-order valence-corrected chi connectivity index (χ4v) is 3.73. The Morgan fingerprint density at radius 1 is 0.968 bits per heavy atom. The summed E-state index contributed by atoms with van der Waals surface area (Å²) in [6.45, 7) is 1.88. The van der Waals surface area contributed by atoms with E-state index in [1.807, 2.05) is 37.3 Å². The van der Waals surface area contributed by atoms with E-state index >= 15 is 0 Å². The van der Waals surface area contributed by atoms with Gasteiger partial charge in [-0.05, 0) is 61.0 Å². The van der Waals surface area contributed by atoms with Crippen molar-refractivity contribution < 1.29 is 14.3 Å². The molecule has 0 unspecified atom stereocenters. The third-order valence-electron chi connectivity index (χ3n) is 4.74. The molecule has 4 aromatic rings. The van der Waals surface area contributed by atoms with Crippen LogP contribution in [0.2, 0.25) is 10.0 Å². The quantitative estimate of drug-likeness (QED) is 0.440. The van der Waals surface area contributed by atoms with Crippen LogP contribution in [0.25, 0.3) is 16.7 Å². The highest BCUT2D eigenvalue weighted by atomic mass is 35.5. The van der Waals surface area contributed by atoms with Crippen LogP contribution in [0.3, 0.4) is 0 Å². The molecule has 1 amide bonds. The van der Waals surface area contributed by atoms with Crippen LogP contribution < -0.4 is 14.8 Å². The predicted octanol–water partition coefficient (Wildman–Crippen LogP) is 5.31. The van der Waals surface area contributed by atoms with Gasteiger partial charge in [-0.25, -0.2) is 0 Å². The van der Waals surface area contributed by atoms with Crippen LogP contribution in [-0.2, 0) is 0 Å². The summed E-state index contributed by atoms with van der Waals surface area (Å²) in [7, 11) is 3.06. The number of hydrogen-bond donors (Lipinski definition) is 1. The normalized spacial score (nSPS) is 10.9. The topological polar surface area (TPSA) is 78.3 Å². The van der Waals surface area contributed by atoms with Gasteiger partial charge in [0.25, 0.3) is 5.91 Å². The fraction of sp³-hybridized carbons (Fsp3) is 0.136. The summed E-state index contributed by atoms with van der Waals surface area (Å²) >= 11 is 12.2. The van der Waals surface area contributed by atoms with Crippen molar-refractivity contribution in [2.45, 2.75) is 6.92 Å². The van der Waals surface area contributed by atoms with E-state index in [2.05, 4.69) is 15.5 Å². The first-order chi connectivity index (χ1) is 14.9. The maximum atomic E-state index is 12.9. The Balaban J connectivity index is 1.67. The van der Waals surface area contributed by atoms with Gasteiger partial charge in [0.2, 0.25) is 0 Å². The number of aromatic nitrogens is 3. The van der Waals surface area contributed by atoms with Crippen LogP contribution in [0.15, 0.2) is 48.5 Å². The van der Waals surface area contributed by atoms with Crippen molar-refractivity contribution in [3.05, 3.63) is 69.7 Å². The molecule has 0 fully saturated rings. The number of nitrogens with one attached hydrogen (secondary N) is 1. The lowest BCUT2D eigenvalue weighted by atomic mass is 10.1. The predicted molar refractivity (Wildman–Crippen MR) is 121 cm³/mol. The van der Waals surface area contributed by atoms with Crippen molar-refractivity contribution in [1.82, 2.24) is 15.0 Å². The Morgan fingerprint density at radius 3 is 2.29 bits per heavy atom. The lowest BCUT2D eigenvalue weighted by molar-refractivity contribution is 0.102. The number of amides is 1. The molecule has 0 atom stereocenters. The number of carbonyl (C=O) groups is 1. The van der Waals surface area contributed by atoms with Crippen LogP contribution in [0, 0.1) is 6.92 Å². The summed E-state index contributed by atoms with van der Waals surface area (Å²) < 4.78 is 10.5. The summed E-state index contributed by atoms with van der Waals surface area (Å²) in [6, 6.07) is 14.1. The van der Waals surface area contributed by atoms with E-state index in [1.54, 1.807) is 13.2 Å². The molecule has 0 aliphatic rings. The van der Waals surface area contributed by atoms with Crippen molar-refractivity contribution >= 4 is 45.8 Å². The Bertz CT molecular complexity index is 1290. The number of fused-ring (bicyclic) bond motifs is 1. The first-order valence-electron chi connectivity index (χ1n) is 9.26. The van der Waals surface area contributed by atoms with E-state index in [-0.39, 0.29) is 16.3 Å². The lowest BCUT2D eigenvalue weighted by Gasteiger charge is -2.12. The van der Waals surface area contributed by atoms with Gasteiger partial charge in [-0.1, -0.05) is 23.2 Å². The third-order valence-corrected chi connectivity index (χ3v) is 5.23. The van der Waals surface area contributed by atoms with Crippen LogP contribution in [0.1, 0.15) is 15.9 Å². The molecule has 1 aromatic heterocycles. The number of rotatable bonds is 5. The molecule has 9 heteroatoms. The summed E-state index contributed by atoms with van der Waals surface area (Å²) in [4.78, 5) is 14.4. The van der Waals surface area contributed by atoms with E-state index in [4.69, 9.17) is 32.7 Å². The largest absolute Gasteiger partial charge is 0.497 e. The van der Waals surface area contributed by atoms with Crippen molar-refractivity contribution in [3.8, 4) is 17.2 Å². The number of benzene rings is 3. The highest BCUT2D eigenvalue weighted by molar-refractivity contribution is 6.36. The first-order valence-corrected chi connectivity index (χ1v) is 10.0. The molecule has 1 N–H and O–H groups in total. The summed E-state index contributed by atoms with van der Waals surface area (Å²) in [5.41, 5.74) is 3.79. The maximum Gasteiger partial charge on any atom is 0.259 e. The number of methoxy groups -OCH3 is 2. The monoisotopic (exact) mass is 456 g/mol. The van der Waals surface area contributed by atoms with Gasteiger partial charge >= 0.3 is 0 Å². The Labute approximate surface area is 188 Å². The molecule has 0 spiro atoms. The van der Waals surface area contributed by atoms with Crippen molar-refractivity contribution in [3.63, 3.8) is 0 Å². The molecule has 0 radical (unpaired) electrons. The minimum absolute atomic E-state index is 0.237. The maximum absolute atomic E-state index is 12.9. The summed E-state index contributed by atoms with van der Waals surface area (Å²) in [5, 5.41) is 12.5. The van der Waals surface area contributed by atoms with Crippen LogP contribution in [-0.4, -0.2) is 35.1 Å². The summed E-state index contributed by atoms with van der Waals surface area (Å²) in [5.74, 6) is 0.608. The van der Waals surface area contributed by atoms with Gasteiger partial charge in [0.1, 0.15) is 22.5 Å². The van der Waals surface area contributed by atoms with Gasteiger partial charge in [-0.15, -0.1) is 10.2 Å². The zero-order chi connectivity index (χ0) is 22.1. The van der Waals surface area contributed by atoms with Gasteiger partial charge in [-0.2, -0.15) is 4.80 Å². The fourth-order valence-electron chi connectivity index (χ4n) is 3.16. The highest BCUT2D eigenvalue weighted by Crippen LogP contribution is 2.33. The number of ether oxygens (including phenoxy) is 2. The van der Waals surface area contributed by atoms with E-state index in [1.165, 1.54) is 24.0 Å². The molecular formula is C22H18Cl2N4O3. The van der Waals surface area contributed by atoms with Gasteiger partial charge in [0, 0.05) is 10.7 Å². The summed E-state index contributed by atoms with van der Waals surface area (Å²) in [6.07, 6.45) is 0. The Morgan fingerprint density at radius 2 is 1.65 bits per heavy atom. The van der Waals surface area contributed by atoms with Gasteiger partial charge in [-0.3, -0.25) is 4.79 Å². The minimum Gasteiger partial charge on any atom is -0.497 e. The number of halogens is 2. The number of aryl methyl sites for hydroxylation is 1. The molecule has 4 rings (SSSR count). The third kappa shape index (κ3) is 4.15. The second kappa shape index (κ2) is 8.45. The number of hydrogen-bond acceptors (Lipinski definition) is 5. The molecule has 0 saturated heterocycles. The SMILES string of the molecule is COc1ccc(-n2nc3cc(C)c(NC(=O)c4cc(Cl)cc(Cl)c4OC)cc3n2)cc1. The molecule has 0 aliphatic heterocycles. The van der Waals surface area contributed by atoms with Gasteiger partial charge < -0.3 is 14.8 Å². The minimum atomic E-state index is -0.397. The number of nitrogens with zero attached hydrogens (tertiary/aromatic N) is 3. The van der Waals surface area contributed by atoms with E-state index in [0.717, 1.165) is 17.0 Å². The second-order valence-corrected chi connectivity index (χ2v) is 7.61. The molecular weight excluding hydrogens is 439 g/mol. The Hall–Kier alpha value is -3.29. The Kier molecular flexibility index (Phi) is 5.71. The number of carbonyl (C=O) groups excluding carboxylic acids is 1. The molecule has 7 nitrogen and oxygen atoms in total. The molecule has 3 aromatic carbocycles. The zero-order valence-corrected chi connectivity index (χ0v) is 18.5. The zero-order valence-electron chi connectivity index (χ0n) is 16.9.